The molecule has 1 saturated heterocycles. The lowest BCUT2D eigenvalue weighted by atomic mass is 10.2. The largest absolute Gasteiger partial charge is 0.493 e. The molecule has 3 rings (SSSR count). The van der Waals surface area contributed by atoms with E-state index in [2.05, 4.69) is 10.3 Å². The number of carbonyl (C=O) groups is 1. The number of rotatable bonds is 5. The summed E-state index contributed by atoms with van der Waals surface area (Å²) in [6, 6.07) is 6.81. The van der Waals surface area contributed by atoms with Crippen LogP contribution in [0, 0.1) is 0 Å². The van der Waals surface area contributed by atoms with Crippen molar-refractivity contribution in [1.29, 1.82) is 0 Å². The highest BCUT2D eigenvalue weighted by atomic mass is 19.4. The average Bonchev–Trinajstić information content (AvgIpc) is 2.63. The van der Waals surface area contributed by atoms with Crippen molar-refractivity contribution in [2.24, 2.45) is 0 Å². The van der Waals surface area contributed by atoms with Crippen molar-refractivity contribution in [3.63, 3.8) is 0 Å². The van der Waals surface area contributed by atoms with Crippen LogP contribution >= 0.6 is 0 Å². The first kappa shape index (κ1) is 19.6. The maximum atomic E-state index is 12.5. The molecule has 2 heterocycles. The maximum Gasteiger partial charge on any atom is 0.417 e. The molecule has 0 bridgehead atoms. The Balaban J connectivity index is 1.53. The Labute approximate surface area is 159 Å². The number of nitrogens with zero attached hydrogens (tertiary/aromatic N) is 2. The normalized spacial score (nSPS) is 14.2. The third-order valence-electron chi connectivity index (χ3n) is 4.13. The average molecular weight is 397 g/mol. The van der Waals surface area contributed by atoms with Crippen molar-refractivity contribution >= 4 is 11.7 Å². The molecule has 0 radical (unpaired) electrons. The highest BCUT2D eigenvalue weighted by Crippen LogP contribution is 2.35. The van der Waals surface area contributed by atoms with Crippen LogP contribution in [0.3, 0.4) is 0 Å². The van der Waals surface area contributed by atoms with E-state index in [0.29, 0.717) is 23.4 Å². The van der Waals surface area contributed by atoms with Crippen LogP contribution in [0.25, 0.3) is 0 Å². The number of ether oxygens (including phenoxy) is 3. The van der Waals surface area contributed by atoms with E-state index in [-0.39, 0.29) is 31.1 Å². The third-order valence-corrected chi connectivity index (χ3v) is 4.13. The summed E-state index contributed by atoms with van der Waals surface area (Å²) in [6.07, 6.45) is -4.08. The van der Waals surface area contributed by atoms with Crippen LogP contribution in [0.4, 0.5) is 23.7 Å². The predicted octanol–water partition coefficient (Wildman–Crippen LogP) is 3.41. The first-order valence-corrected chi connectivity index (χ1v) is 8.28. The second kappa shape index (κ2) is 7.83. The number of likely N-dealkylation sites (tertiary alicyclic amines) is 1. The number of hydrogen-bond acceptors (Lipinski definition) is 5. The quantitative estimate of drug-likeness (QED) is 0.837. The van der Waals surface area contributed by atoms with E-state index in [0.717, 1.165) is 12.1 Å². The first-order valence-electron chi connectivity index (χ1n) is 8.28. The molecular weight excluding hydrogens is 379 g/mol. The SMILES string of the molecule is COc1cccc(NC(=O)N2CC(Oc3ccc(C(F)(F)F)cn3)C2)c1OC. The molecule has 0 aliphatic carbocycles. The molecule has 1 fully saturated rings. The van der Waals surface area contributed by atoms with Crippen LogP contribution in [0.5, 0.6) is 17.4 Å². The number of nitrogens with one attached hydrogen (secondary N) is 1. The second-order valence-electron chi connectivity index (χ2n) is 6.00. The lowest BCUT2D eigenvalue weighted by molar-refractivity contribution is -0.137. The van der Waals surface area contributed by atoms with Crippen LogP contribution < -0.4 is 19.5 Å². The minimum Gasteiger partial charge on any atom is -0.493 e. The number of aromatic nitrogens is 1. The number of para-hydroxylation sites is 1. The van der Waals surface area contributed by atoms with Gasteiger partial charge in [0, 0.05) is 12.3 Å². The number of urea groups is 1. The smallest absolute Gasteiger partial charge is 0.417 e. The minimum atomic E-state index is -4.45. The summed E-state index contributed by atoms with van der Waals surface area (Å²) in [7, 11) is 2.97. The van der Waals surface area contributed by atoms with E-state index in [1.807, 2.05) is 0 Å². The van der Waals surface area contributed by atoms with E-state index in [9.17, 15) is 18.0 Å². The monoisotopic (exact) mass is 397 g/mol. The van der Waals surface area contributed by atoms with Crippen molar-refractivity contribution in [2.45, 2.75) is 12.3 Å². The fourth-order valence-electron chi connectivity index (χ4n) is 2.65. The van der Waals surface area contributed by atoms with E-state index in [1.165, 1.54) is 19.1 Å². The molecule has 2 aromatic rings. The molecule has 10 heteroatoms. The molecule has 0 atom stereocenters. The molecule has 0 unspecified atom stereocenters. The number of pyridine rings is 1. The number of amides is 2. The van der Waals surface area contributed by atoms with Gasteiger partial charge in [-0.15, -0.1) is 0 Å². The number of alkyl halides is 3. The highest BCUT2D eigenvalue weighted by molar-refractivity contribution is 5.92. The van der Waals surface area contributed by atoms with Crippen LogP contribution in [0.15, 0.2) is 36.5 Å². The minimum absolute atomic E-state index is 0.0764. The standard InChI is InChI=1S/C18H18F3N3O4/c1-26-14-5-3-4-13(16(14)27-2)23-17(25)24-9-12(10-24)28-15-7-6-11(8-22-15)18(19,20)21/h3-8,12H,9-10H2,1-2H3,(H,23,25). The molecule has 1 aliphatic rings. The molecule has 1 aliphatic heterocycles. The van der Waals surface area contributed by atoms with Gasteiger partial charge in [-0.05, 0) is 18.2 Å². The fraction of sp³-hybridized carbons (Fsp3) is 0.333. The number of halogens is 3. The van der Waals surface area contributed by atoms with Crippen molar-refractivity contribution in [2.75, 3.05) is 32.6 Å². The van der Waals surface area contributed by atoms with Gasteiger partial charge in [0.05, 0.1) is 38.6 Å². The lowest BCUT2D eigenvalue weighted by Gasteiger charge is -2.38. The summed E-state index contributed by atoms with van der Waals surface area (Å²) in [5.74, 6) is 0.964. The molecule has 0 saturated carbocycles. The molecule has 2 amide bonds. The summed E-state index contributed by atoms with van der Waals surface area (Å²) >= 11 is 0. The number of benzene rings is 1. The zero-order valence-corrected chi connectivity index (χ0v) is 15.1. The first-order chi connectivity index (χ1) is 13.3. The molecule has 7 nitrogen and oxygen atoms in total. The third kappa shape index (κ3) is 4.21. The van der Waals surface area contributed by atoms with Crippen LogP contribution in [-0.4, -0.2) is 49.3 Å². The topological polar surface area (TPSA) is 72.9 Å². The summed E-state index contributed by atoms with van der Waals surface area (Å²) in [5, 5.41) is 2.73. The highest BCUT2D eigenvalue weighted by Gasteiger charge is 2.34. The molecular formula is C18H18F3N3O4. The molecule has 1 aromatic heterocycles. The Hall–Kier alpha value is -3.17. The summed E-state index contributed by atoms with van der Waals surface area (Å²) in [6.45, 7) is 0.557. The molecule has 28 heavy (non-hydrogen) atoms. The Kier molecular flexibility index (Phi) is 5.48. The number of carbonyl (C=O) groups excluding carboxylic acids is 1. The van der Waals surface area contributed by atoms with Gasteiger partial charge in [-0.1, -0.05) is 6.07 Å². The van der Waals surface area contributed by atoms with E-state index in [1.54, 1.807) is 18.2 Å². The number of anilines is 1. The van der Waals surface area contributed by atoms with Crippen molar-refractivity contribution in [3.05, 3.63) is 42.1 Å². The number of methoxy groups -OCH3 is 2. The van der Waals surface area contributed by atoms with E-state index >= 15 is 0 Å². The van der Waals surface area contributed by atoms with Gasteiger partial charge >= 0.3 is 12.2 Å². The van der Waals surface area contributed by atoms with Gasteiger partial charge in [0.2, 0.25) is 5.88 Å². The molecule has 150 valence electrons. The summed E-state index contributed by atoms with van der Waals surface area (Å²) < 4.78 is 53.5. The van der Waals surface area contributed by atoms with Gasteiger partial charge in [0.15, 0.2) is 11.5 Å². The van der Waals surface area contributed by atoms with Gasteiger partial charge in [0.1, 0.15) is 6.10 Å². The van der Waals surface area contributed by atoms with Gasteiger partial charge in [0.25, 0.3) is 0 Å². The van der Waals surface area contributed by atoms with Gasteiger partial charge in [-0.2, -0.15) is 13.2 Å². The van der Waals surface area contributed by atoms with E-state index < -0.39 is 11.7 Å². The predicted molar refractivity (Wildman–Crippen MR) is 93.8 cm³/mol. The van der Waals surface area contributed by atoms with E-state index in [4.69, 9.17) is 14.2 Å². The Morgan fingerprint density at radius 1 is 1.18 bits per heavy atom. The zero-order chi connectivity index (χ0) is 20.3. The Morgan fingerprint density at radius 3 is 2.50 bits per heavy atom. The summed E-state index contributed by atoms with van der Waals surface area (Å²) in [5.41, 5.74) is -0.387. The molecule has 1 aromatic carbocycles. The Bertz CT molecular complexity index is 837. The molecule has 1 N–H and O–H groups in total. The van der Waals surface area contributed by atoms with Crippen molar-refractivity contribution in [1.82, 2.24) is 9.88 Å². The fourth-order valence-corrected chi connectivity index (χ4v) is 2.65. The lowest BCUT2D eigenvalue weighted by Crippen LogP contribution is -2.57. The van der Waals surface area contributed by atoms with Crippen LogP contribution in [0.2, 0.25) is 0 Å². The summed E-state index contributed by atoms with van der Waals surface area (Å²) in [4.78, 5) is 17.5. The van der Waals surface area contributed by atoms with Crippen LogP contribution in [0.1, 0.15) is 5.56 Å². The van der Waals surface area contributed by atoms with Crippen molar-refractivity contribution < 1.29 is 32.2 Å². The molecule has 0 spiro atoms. The van der Waals surface area contributed by atoms with Crippen LogP contribution in [-0.2, 0) is 6.18 Å². The van der Waals surface area contributed by atoms with Gasteiger partial charge in [-0.25, -0.2) is 9.78 Å². The van der Waals surface area contributed by atoms with Gasteiger partial charge < -0.3 is 24.4 Å². The number of hydrogen-bond donors (Lipinski definition) is 1. The zero-order valence-electron chi connectivity index (χ0n) is 15.1. The Morgan fingerprint density at radius 2 is 1.93 bits per heavy atom. The van der Waals surface area contributed by atoms with Gasteiger partial charge in [-0.3, -0.25) is 0 Å². The van der Waals surface area contributed by atoms with Crippen molar-refractivity contribution in [3.8, 4) is 17.4 Å². The second-order valence-corrected chi connectivity index (χ2v) is 6.00. The maximum absolute atomic E-state index is 12.5.